The van der Waals surface area contributed by atoms with Crippen molar-refractivity contribution >= 4 is 10.9 Å². The van der Waals surface area contributed by atoms with Crippen molar-refractivity contribution in [3.05, 3.63) is 82.1 Å². The summed E-state index contributed by atoms with van der Waals surface area (Å²) in [6, 6.07) is 21.4. The minimum atomic E-state index is -0.105. The molecule has 2 saturated heterocycles. The van der Waals surface area contributed by atoms with Crippen LogP contribution in [0.15, 0.2) is 65.5 Å². The molecule has 4 nitrogen and oxygen atoms in total. The van der Waals surface area contributed by atoms with E-state index in [4.69, 9.17) is 0 Å². The van der Waals surface area contributed by atoms with Crippen molar-refractivity contribution in [1.29, 1.82) is 0 Å². The third-order valence-electron chi connectivity index (χ3n) is 7.27. The molecule has 0 saturated carbocycles. The van der Waals surface area contributed by atoms with Gasteiger partial charge < -0.3 is 9.67 Å². The molecule has 3 heterocycles. The van der Waals surface area contributed by atoms with Crippen molar-refractivity contribution < 1.29 is 5.11 Å². The fourth-order valence-electron chi connectivity index (χ4n) is 5.88. The maximum Gasteiger partial charge on any atom is 0.255 e. The summed E-state index contributed by atoms with van der Waals surface area (Å²) in [6.45, 7) is 0.874. The highest BCUT2D eigenvalue weighted by atomic mass is 16.3. The highest BCUT2D eigenvalue weighted by molar-refractivity contribution is 5.79. The molecular formula is C25H28N2O2. The van der Waals surface area contributed by atoms with Crippen molar-refractivity contribution in [2.45, 2.75) is 44.3 Å². The highest BCUT2D eigenvalue weighted by Crippen LogP contribution is 2.51. The van der Waals surface area contributed by atoms with Gasteiger partial charge in [0.1, 0.15) is 0 Å². The van der Waals surface area contributed by atoms with Gasteiger partial charge in [0.15, 0.2) is 0 Å². The molecule has 0 radical (unpaired) electrons. The van der Waals surface area contributed by atoms with Crippen LogP contribution in [0.25, 0.3) is 10.9 Å². The van der Waals surface area contributed by atoms with E-state index in [-0.39, 0.29) is 17.6 Å². The van der Waals surface area contributed by atoms with Gasteiger partial charge in [-0.2, -0.15) is 0 Å². The van der Waals surface area contributed by atoms with Crippen LogP contribution in [0.4, 0.5) is 0 Å². The molecule has 1 aromatic heterocycles. The smallest absolute Gasteiger partial charge is 0.255 e. The predicted molar refractivity (Wildman–Crippen MR) is 116 cm³/mol. The summed E-state index contributed by atoms with van der Waals surface area (Å²) in [7, 11) is 1.86. The molecule has 2 aliphatic rings. The van der Waals surface area contributed by atoms with Crippen LogP contribution in [0, 0.1) is 5.41 Å². The van der Waals surface area contributed by atoms with E-state index in [0.29, 0.717) is 18.6 Å². The Labute approximate surface area is 171 Å². The monoisotopic (exact) mass is 388 g/mol. The Balaban J connectivity index is 1.47. The molecule has 2 aliphatic heterocycles. The molecule has 0 amide bonds. The molecule has 3 aromatic rings. The van der Waals surface area contributed by atoms with Gasteiger partial charge in [0.05, 0.1) is 12.1 Å². The number of aliphatic hydroxyl groups excluding tert-OH is 1. The van der Waals surface area contributed by atoms with Gasteiger partial charge in [-0.15, -0.1) is 0 Å². The van der Waals surface area contributed by atoms with Crippen LogP contribution in [0.2, 0.25) is 0 Å². The quantitative estimate of drug-likeness (QED) is 0.728. The van der Waals surface area contributed by atoms with Gasteiger partial charge in [-0.05, 0) is 48.8 Å². The van der Waals surface area contributed by atoms with Crippen molar-refractivity contribution in [3.8, 4) is 0 Å². The Morgan fingerprint density at radius 1 is 1.07 bits per heavy atom. The maximum absolute atomic E-state index is 13.0. The Bertz CT molecular complexity index is 1090. The first kappa shape index (κ1) is 18.6. The summed E-state index contributed by atoms with van der Waals surface area (Å²) in [6.07, 6.45) is 4.18. The van der Waals surface area contributed by atoms with E-state index in [1.807, 2.05) is 31.3 Å². The molecule has 2 aromatic carbocycles. The van der Waals surface area contributed by atoms with E-state index >= 15 is 0 Å². The molecule has 0 spiro atoms. The molecule has 29 heavy (non-hydrogen) atoms. The topological polar surface area (TPSA) is 45.5 Å². The molecule has 0 unspecified atom stereocenters. The number of hydrogen-bond acceptors (Lipinski definition) is 3. The lowest BCUT2D eigenvalue weighted by Crippen LogP contribution is -2.42. The number of aliphatic hydroxyl groups is 1. The fourth-order valence-corrected chi connectivity index (χ4v) is 5.88. The van der Waals surface area contributed by atoms with Gasteiger partial charge in [-0.25, -0.2) is 0 Å². The number of pyridine rings is 1. The highest BCUT2D eigenvalue weighted by Gasteiger charge is 2.55. The SMILES string of the molecule is Cn1c(=O)c(CN2[C@H]3CC[C@@H]2[C@@](CO)(Cc2ccccc2)C3)cc2ccccc21. The van der Waals surface area contributed by atoms with Crippen LogP contribution in [0.3, 0.4) is 0 Å². The van der Waals surface area contributed by atoms with E-state index in [1.54, 1.807) is 4.57 Å². The Kier molecular flexibility index (Phi) is 4.56. The van der Waals surface area contributed by atoms with Crippen LogP contribution >= 0.6 is 0 Å². The fraction of sp³-hybridized carbons (Fsp3) is 0.400. The summed E-state index contributed by atoms with van der Waals surface area (Å²) in [5.41, 5.74) is 3.10. The van der Waals surface area contributed by atoms with Gasteiger partial charge in [-0.1, -0.05) is 48.5 Å². The van der Waals surface area contributed by atoms with E-state index in [2.05, 4.69) is 41.3 Å². The van der Waals surface area contributed by atoms with Crippen LogP contribution in [-0.4, -0.2) is 33.3 Å². The van der Waals surface area contributed by atoms with Gasteiger partial charge in [0.25, 0.3) is 5.56 Å². The average molecular weight is 389 g/mol. The van der Waals surface area contributed by atoms with Crippen molar-refractivity contribution in [2.24, 2.45) is 12.5 Å². The molecule has 4 heteroatoms. The number of rotatable bonds is 5. The minimum Gasteiger partial charge on any atom is -0.396 e. The first-order chi connectivity index (χ1) is 14.1. The second kappa shape index (κ2) is 7.12. The summed E-state index contributed by atoms with van der Waals surface area (Å²) in [5.74, 6) is 0. The summed E-state index contributed by atoms with van der Waals surface area (Å²) in [4.78, 5) is 15.5. The van der Waals surface area contributed by atoms with Gasteiger partial charge in [0.2, 0.25) is 0 Å². The number of fused-ring (bicyclic) bond motifs is 3. The number of aromatic nitrogens is 1. The Hall–Kier alpha value is -2.43. The summed E-state index contributed by atoms with van der Waals surface area (Å²) in [5, 5.41) is 11.5. The summed E-state index contributed by atoms with van der Waals surface area (Å²) < 4.78 is 1.77. The lowest BCUT2D eigenvalue weighted by molar-refractivity contribution is 0.0749. The third kappa shape index (κ3) is 3.02. The van der Waals surface area contributed by atoms with E-state index in [1.165, 1.54) is 5.56 Å². The van der Waals surface area contributed by atoms with Gasteiger partial charge in [0, 0.05) is 36.7 Å². The second-order valence-electron chi connectivity index (χ2n) is 8.90. The zero-order chi connectivity index (χ0) is 20.0. The Morgan fingerprint density at radius 2 is 1.83 bits per heavy atom. The van der Waals surface area contributed by atoms with Gasteiger partial charge in [-0.3, -0.25) is 9.69 Å². The zero-order valence-electron chi connectivity index (χ0n) is 16.9. The molecule has 0 aliphatic carbocycles. The average Bonchev–Trinajstić information content (AvgIpc) is 3.27. The lowest BCUT2D eigenvalue weighted by Gasteiger charge is -2.36. The number of para-hydroxylation sites is 1. The lowest BCUT2D eigenvalue weighted by atomic mass is 9.70. The molecule has 2 bridgehead atoms. The van der Waals surface area contributed by atoms with Gasteiger partial charge >= 0.3 is 0 Å². The van der Waals surface area contributed by atoms with Crippen LogP contribution in [0.1, 0.15) is 30.4 Å². The second-order valence-corrected chi connectivity index (χ2v) is 8.90. The third-order valence-corrected chi connectivity index (χ3v) is 7.27. The standard InChI is InChI=1S/C25H28N2O2/c1-26-22-10-6-5-9-19(22)13-20(24(26)29)16-27-21-11-12-23(27)25(15-21,17-28)14-18-7-3-2-4-8-18/h2-10,13,21,23,28H,11-12,14-17H2,1H3/t21-,23+,25-/m0/s1. The van der Waals surface area contributed by atoms with Crippen LogP contribution < -0.4 is 5.56 Å². The molecule has 3 atom stereocenters. The van der Waals surface area contributed by atoms with E-state index in [9.17, 15) is 9.90 Å². The van der Waals surface area contributed by atoms with E-state index < -0.39 is 0 Å². The first-order valence-corrected chi connectivity index (χ1v) is 10.6. The van der Waals surface area contributed by atoms with Crippen molar-refractivity contribution in [2.75, 3.05) is 6.61 Å². The number of hydrogen-bond donors (Lipinski definition) is 1. The summed E-state index contributed by atoms with van der Waals surface area (Å²) >= 11 is 0. The first-order valence-electron chi connectivity index (χ1n) is 10.6. The minimum absolute atomic E-state index is 0.0904. The van der Waals surface area contributed by atoms with Crippen molar-refractivity contribution in [1.82, 2.24) is 9.47 Å². The molecule has 5 rings (SSSR count). The van der Waals surface area contributed by atoms with Crippen molar-refractivity contribution in [3.63, 3.8) is 0 Å². The molecule has 1 N–H and O–H groups in total. The van der Waals surface area contributed by atoms with Crippen LogP contribution in [-0.2, 0) is 20.0 Å². The Morgan fingerprint density at radius 3 is 2.62 bits per heavy atom. The number of nitrogens with zero attached hydrogens (tertiary/aromatic N) is 2. The normalized spacial score (nSPS) is 26.4. The maximum atomic E-state index is 13.0. The molecule has 2 fully saturated rings. The predicted octanol–water partition coefficient (Wildman–Crippen LogP) is 3.50. The molecular weight excluding hydrogens is 360 g/mol. The zero-order valence-corrected chi connectivity index (χ0v) is 16.9. The number of benzene rings is 2. The number of aryl methyl sites for hydroxylation is 1. The molecule has 150 valence electrons. The van der Waals surface area contributed by atoms with E-state index in [0.717, 1.165) is 42.1 Å². The van der Waals surface area contributed by atoms with Crippen LogP contribution in [0.5, 0.6) is 0 Å². The largest absolute Gasteiger partial charge is 0.396 e.